The fraction of sp³-hybridized carbons (Fsp3) is 0.333. The SMILES string of the molecule is CC(C)C[C@H](NS(=O)(=O)c1ccc2ccccc2c1)C(=O)N[C@@H](C(C)C)[C@@H](O)c1c(-c2ccccc2)c1=O. The molecule has 0 fully saturated rings. The van der Waals surface area contributed by atoms with Gasteiger partial charge in [0.15, 0.2) is 5.43 Å². The van der Waals surface area contributed by atoms with E-state index in [0.29, 0.717) is 5.56 Å². The number of amides is 1. The Kier molecular flexibility index (Phi) is 8.16. The van der Waals surface area contributed by atoms with Gasteiger partial charge in [-0.25, -0.2) is 8.42 Å². The topological polar surface area (TPSA) is 113 Å². The number of nitrogens with one attached hydrogen (secondary N) is 2. The first kappa shape index (κ1) is 27.7. The monoisotopic (exact) mass is 534 g/mol. The van der Waals surface area contributed by atoms with Crippen LogP contribution in [0.15, 0.2) is 82.5 Å². The Balaban J connectivity index is 1.55. The quantitative estimate of drug-likeness (QED) is 0.265. The fourth-order valence-corrected chi connectivity index (χ4v) is 5.93. The van der Waals surface area contributed by atoms with Crippen LogP contribution in [0, 0.1) is 11.8 Å². The number of carbonyl (C=O) groups excluding carboxylic acids is 1. The van der Waals surface area contributed by atoms with Gasteiger partial charge in [0.1, 0.15) is 12.1 Å². The number of aliphatic hydroxyl groups is 1. The van der Waals surface area contributed by atoms with E-state index in [-0.39, 0.29) is 34.1 Å². The predicted molar refractivity (Wildman–Crippen MR) is 150 cm³/mol. The molecule has 38 heavy (non-hydrogen) atoms. The average molecular weight is 535 g/mol. The van der Waals surface area contributed by atoms with E-state index in [9.17, 15) is 23.1 Å². The standard InChI is InChI=1S/C30H34N2O5S/c1-18(2)16-24(32-38(36,37)23-15-14-20-10-8-9-13-22(20)17-23)30(35)31-27(19(3)4)29(34)26-25(28(26)33)21-11-6-5-7-12-21/h5-15,17-19,24,27,29,32,34H,16H2,1-4H3,(H,31,35)/t24-,27-,29-/m0/s1. The summed E-state index contributed by atoms with van der Waals surface area (Å²) in [5, 5.41) is 15.6. The van der Waals surface area contributed by atoms with Crippen molar-refractivity contribution in [3.63, 3.8) is 0 Å². The molecule has 0 aliphatic rings. The van der Waals surface area contributed by atoms with Gasteiger partial charge in [-0.3, -0.25) is 9.59 Å². The van der Waals surface area contributed by atoms with E-state index in [2.05, 4.69) is 10.0 Å². The fourth-order valence-electron chi connectivity index (χ4n) is 4.68. The van der Waals surface area contributed by atoms with Crippen LogP contribution in [0.4, 0.5) is 0 Å². The normalized spacial score (nSPS) is 14.7. The lowest BCUT2D eigenvalue weighted by Crippen LogP contribution is -2.52. The van der Waals surface area contributed by atoms with Gasteiger partial charge in [0.05, 0.1) is 10.9 Å². The van der Waals surface area contributed by atoms with E-state index in [1.165, 1.54) is 6.07 Å². The Bertz CT molecular complexity index is 1540. The summed E-state index contributed by atoms with van der Waals surface area (Å²) >= 11 is 0. The highest BCUT2D eigenvalue weighted by atomic mass is 32.2. The van der Waals surface area contributed by atoms with Crippen molar-refractivity contribution in [1.29, 1.82) is 0 Å². The summed E-state index contributed by atoms with van der Waals surface area (Å²) in [6, 6.07) is 19.5. The minimum absolute atomic E-state index is 0.0184. The number of rotatable bonds is 11. The van der Waals surface area contributed by atoms with Crippen LogP contribution in [-0.2, 0) is 14.8 Å². The Morgan fingerprint density at radius 1 is 0.895 bits per heavy atom. The summed E-state index contributed by atoms with van der Waals surface area (Å²) < 4.78 is 29.2. The molecule has 4 rings (SSSR count). The van der Waals surface area contributed by atoms with Gasteiger partial charge in [0, 0.05) is 11.1 Å². The van der Waals surface area contributed by atoms with Crippen LogP contribution in [0.5, 0.6) is 0 Å². The largest absolute Gasteiger partial charge is 0.386 e. The van der Waals surface area contributed by atoms with E-state index in [4.69, 9.17) is 0 Å². The third kappa shape index (κ3) is 6.04. The van der Waals surface area contributed by atoms with Crippen molar-refractivity contribution in [3.05, 3.63) is 88.6 Å². The van der Waals surface area contributed by atoms with E-state index in [1.54, 1.807) is 24.3 Å². The van der Waals surface area contributed by atoms with Crippen LogP contribution in [0.2, 0.25) is 0 Å². The maximum absolute atomic E-state index is 13.4. The number of aliphatic hydroxyl groups excluding tert-OH is 1. The van der Waals surface area contributed by atoms with Crippen LogP contribution in [-0.4, -0.2) is 31.5 Å². The number of fused-ring (bicyclic) bond motifs is 1. The van der Waals surface area contributed by atoms with Crippen molar-refractivity contribution >= 4 is 26.7 Å². The molecule has 8 heteroatoms. The van der Waals surface area contributed by atoms with Crippen LogP contribution in [0.25, 0.3) is 21.9 Å². The highest BCUT2D eigenvalue weighted by Crippen LogP contribution is 2.33. The van der Waals surface area contributed by atoms with Crippen molar-refractivity contribution in [3.8, 4) is 11.1 Å². The van der Waals surface area contributed by atoms with Crippen LogP contribution < -0.4 is 15.5 Å². The van der Waals surface area contributed by atoms with Gasteiger partial charge in [-0.15, -0.1) is 0 Å². The predicted octanol–water partition coefficient (Wildman–Crippen LogP) is 4.31. The molecular weight excluding hydrogens is 500 g/mol. The molecule has 4 aromatic rings. The zero-order valence-electron chi connectivity index (χ0n) is 22.0. The lowest BCUT2D eigenvalue weighted by atomic mass is 9.95. The molecule has 4 aromatic carbocycles. The Hall–Kier alpha value is -3.33. The van der Waals surface area contributed by atoms with E-state index < -0.39 is 34.1 Å². The summed E-state index contributed by atoms with van der Waals surface area (Å²) in [6.07, 6.45) is -0.949. The van der Waals surface area contributed by atoms with Gasteiger partial charge >= 0.3 is 0 Å². The molecule has 3 atom stereocenters. The van der Waals surface area contributed by atoms with Crippen LogP contribution in [0.3, 0.4) is 0 Å². The molecule has 0 radical (unpaired) electrons. The highest BCUT2D eigenvalue weighted by Gasteiger charge is 2.38. The molecule has 0 aliphatic carbocycles. The smallest absolute Gasteiger partial charge is 0.241 e. The number of carbonyl (C=O) groups is 1. The minimum atomic E-state index is -4.01. The Labute approximate surface area is 223 Å². The van der Waals surface area contributed by atoms with Gasteiger partial charge in [0.25, 0.3) is 0 Å². The molecule has 1 amide bonds. The average Bonchev–Trinajstić information content (AvgIpc) is 3.56. The number of hydrogen-bond donors (Lipinski definition) is 3. The van der Waals surface area contributed by atoms with Crippen LogP contribution >= 0.6 is 0 Å². The van der Waals surface area contributed by atoms with Crippen LogP contribution in [0.1, 0.15) is 45.8 Å². The molecule has 0 saturated heterocycles. The molecule has 0 heterocycles. The molecule has 200 valence electrons. The minimum Gasteiger partial charge on any atom is -0.386 e. The van der Waals surface area contributed by atoms with Gasteiger partial charge in [-0.05, 0) is 46.7 Å². The van der Waals surface area contributed by atoms with E-state index in [1.807, 2.05) is 70.2 Å². The number of benzene rings is 3. The summed E-state index contributed by atoms with van der Waals surface area (Å²) in [7, 11) is -4.01. The van der Waals surface area contributed by atoms with Crippen molar-refractivity contribution in [2.24, 2.45) is 11.8 Å². The second kappa shape index (κ2) is 11.2. The van der Waals surface area contributed by atoms with Crippen molar-refractivity contribution < 1.29 is 18.3 Å². The van der Waals surface area contributed by atoms with Crippen molar-refractivity contribution in [1.82, 2.24) is 10.0 Å². The first-order valence-corrected chi connectivity index (χ1v) is 14.3. The summed E-state index contributed by atoms with van der Waals surface area (Å²) in [5.74, 6) is -0.746. The lowest BCUT2D eigenvalue weighted by molar-refractivity contribution is -0.125. The third-order valence-corrected chi connectivity index (χ3v) is 8.23. The molecule has 0 bridgehead atoms. The van der Waals surface area contributed by atoms with Gasteiger partial charge < -0.3 is 10.4 Å². The van der Waals surface area contributed by atoms with Crippen molar-refractivity contribution in [2.75, 3.05) is 0 Å². The molecule has 0 unspecified atom stereocenters. The molecular formula is C30H34N2O5S. The highest BCUT2D eigenvalue weighted by molar-refractivity contribution is 7.89. The number of sulfonamides is 1. The lowest BCUT2D eigenvalue weighted by Gasteiger charge is -2.29. The van der Waals surface area contributed by atoms with Gasteiger partial charge in [-0.1, -0.05) is 88.4 Å². The summed E-state index contributed by atoms with van der Waals surface area (Å²) in [5.41, 5.74) is 1.25. The zero-order valence-corrected chi connectivity index (χ0v) is 22.8. The maximum atomic E-state index is 13.4. The first-order chi connectivity index (χ1) is 18.0. The third-order valence-electron chi connectivity index (χ3n) is 6.76. The molecule has 0 spiro atoms. The van der Waals surface area contributed by atoms with Gasteiger partial charge in [0.2, 0.25) is 15.9 Å². The molecule has 0 saturated carbocycles. The molecule has 0 aliphatic heterocycles. The van der Waals surface area contributed by atoms with E-state index >= 15 is 0 Å². The summed E-state index contributed by atoms with van der Waals surface area (Å²) in [4.78, 5) is 26.1. The second-order valence-electron chi connectivity index (χ2n) is 10.5. The Morgan fingerprint density at radius 3 is 2.16 bits per heavy atom. The molecule has 7 nitrogen and oxygen atoms in total. The maximum Gasteiger partial charge on any atom is 0.241 e. The number of hydrogen-bond acceptors (Lipinski definition) is 5. The molecule has 3 N–H and O–H groups in total. The van der Waals surface area contributed by atoms with E-state index in [0.717, 1.165) is 16.3 Å². The zero-order chi connectivity index (χ0) is 27.6. The summed E-state index contributed by atoms with van der Waals surface area (Å²) in [6.45, 7) is 7.47. The van der Waals surface area contributed by atoms with Crippen molar-refractivity contribution in [2.45, 2.75) is 57.2 Å². The Morgan fingerprint density at radius 2 is 1.53 bits per heavy atom. The van der Waals surface area contributed by atoms with Gasteiger partial charge in [-0.2, -0.15) is 4.72 Å². The molecule has 0 aromatic heterocycles. The first-order valence-electron chi connectivity index (χ1n) is 12.8. The second-order valence-corrected chi connectivity index (χ2v) is 12.2.